The number of anilines is 3. The molecule has 0 bridgehead atoms. The molecule has 2 rings (SSSR count). The van der Waals surface area contributed by atoms with Gasteiger partial charge in [0.15, 0.2) is 0 Å². The summed E-state index contributed by atoms with van der Waals surface area (Å²) in [5.41, 5.74) is 6.41. The second-order valence-corrected chi connectivity index (χ2v) is 6.77. The van der Waals surface area contributed by atoms with Gasteiger partial charge in [0.05, 0.1) is 6.54 Å². The van der Waals surface area contributed by atoms with Crippen molar-refractivity contribution in [3.63, 3.8) is 0 Å². The van der Waals surface area contributed by atoms with Crippen molar-refractivity contribution < 1.29 is 4.79 Å². The summed E-state index contributed by atoms with van der Waals surface area (Å²) >= 11 is 6.06. The first kappa shape index (κ1) is 20.6. The summed E-state index contributed by atoms with van der Waals surface area (Å²) in [5, 5.41) is 3.27. The van der Waals surface area contributed by atoms with Gasteiger partial charge in [-0.3, -0.25) is 19.1 Å². The maximum atomic E-state index is 12.3. The van der Waals surface area contributed by atoms with Crippen LogP contribution in [0.5, 0.6) is 0 Å². The van der Waals surface area contributed by atoms with Crippen LogP contribution in [-0.4, -0.2) is 29.1 Å². The molecule has 9 heteroatoms. The molecule has 0 saturated carbocycles. The van der Waals surface area contributed by atoms with Crippen molar-refractivity contribution in [3.8, 4) is 0 Å². The van der Waals surface area contributed by atoms with Gasteiger partial charge in [-0.1, -0.05) is 31.0 Å². The lowest BCUT2D eigenvalue weighted by Crippen LogP contribution is -2.39. The SMILES string of the molecule is CCCCn1c(N)c(N(C)CC(=O)Nc2ccc(C)c(Cl)c2)c(=O)[nH]c1=O. The molecule has 2 aromatic rings. The van der Waals surface area contributed by atoms with Crippen LogP contribution >= 0.6 is 11.6 Å². The van der Waals surface area contributed by atoms with Crippen LogP contribution in [0, 0.1) is 6.92 Å². The van der Waals surface area contributed by atoms with Gasteiger partial charge in [0.25, 0.3) is 5.56 Å². The Balaban J connectivity index is 2.20. The molecule has 0 unspecified atom stereocenters. The minimum absolute atomic E-state index is 0.0471. The van der Waals surface area contributed by atoms with E-state index in [4.69, 9.17) is 17.3 Å². The van der Waals surface area contributed by atoms with Gasteiger partial charge < -0.3 is 16.0 Å². The lowest BCUT2D eigenvalue weighted by atomic mass is 10.2. The van der Waals surface area contributed by atoms with Gasteiger partial charge in [0, 0.05) is 24.3 Å². The van der Waals surface area contributed by atoms with Crippen molar-refractivity contribution >= 4 is 34.7 Å². The van der Waals surface area contributed by atoms with Crippen LogP contribution in [0.4, 0.5) is 17.2 Å². The van der Waals surface area contributed by atoms with Crippen molar-refractivity contribution in [3.05, 3.63) is 49.6 Å². The number of nitrogen functional groups attached to an aromatic ring is 1. The van der Waals surface area contributed by atoms with E-state index in [9.17, 15) is 14.4 Å². The number of nitrogens with one attached hydrogen (secondary N) is 2. The number of halogens is 1. The number of benzene rings is 1. The van der Waals surface area contributed by atoms with Crippen LogP contribution in [0.3, 0.4) is 0 Å². The molecule has 1 amide bonds. The van der Waals surface area contributed by atoms with Crippen molar-refractivity contribution in [2.75, 3.05) is 29.5 Å². The Bertz CT molecular complexity index is 951. The number of aromatic nitrogens is 2. The fourth-order valence-corrected chi connectivity index (χ4v) is 2.83. The molecule has 1 aromatic heterocycles. The van der Waals surface area contributed by atoms with E-state index < -0.39 is 11.2 Å². The zero-order valence-electron chi connectivity index (χ0n) is 15.6. The normalized spacial score (nSPS) is 10.7. The Hall–Kier alpha value is -2.74. The summed E-state index contributed by atoms with van der Waals surface area (Å²) in [6.45, 7) is 4.13. The Morgan fingerprint density at radius 3 is 2.70 bits per heavy atom. The fourth-order valence-electron chi connectivity index (χ4n) is 2.65. The summed E-state index contributed by atoms with van der Waals surface area (Å²) in [7, 11) is 1.57. The van der Waals surface area contributed by atoms with Crippen molar-refractivity contribution in [2.45, 2.75) is 33.2 Å². The Kier molecular flexibility index (Phi) is 6.68. The molecule has 1 heterocycles. The zero-order chi connectivity index (χ0) is 20.1. The molecule has 0 aliphatic rings. The van der Waals surface area contributed by atoms with Crippen molar-refractivity contribution in [1.29, 1.82) is 0 Å². The molecular weight excluding hydrogens is 370 g/mol. The summed E-state index contributed by atoms with van der Waals surface area (Å²) in [6, 6.07) is 5.19. The third-order valence-electron chi connectivity index (χ3n) is 4.17. The van der Waals surface area contributed by atoms with Crippen LogP contribution < -0.4 is 27.2 Å². The largest absolute Gasteiger partial charge is 0.383 e. The number of H-pyrrole nitrogens is 1. The lowest BCUT2D eigenvalue weighted by molar-refractivity contribution is -0.114. The second kappa shape index (κ2) is 8.77. The van der Waals surface area contributed by atoms with Gasteiger partial charge in [0.2, 0.25) is 5.91 Å². The number of rotatable bonds is 7. The third-order valence-corrected chi connectivity index (χ3v) is 4.57. The van der Waals surface area contributed by atoms with Gasteiger partial charge in [-0.25, -0.2) is 4.79 Å². The van der Waals surface area contributed by atoms with E-state index in [1.165, 1.54) is 9.47 Å². The van der Waals surface area contributed by atoms with E-state index in [1.54, 1.807) is 25.2 Å². The molecule has 1 aromatic carbocycles. The van der Waals surface area contributed by atoms with E-state index >= 15 is 0 Å². The molecule has 0 spiro atoms. The number of carbonyl (C=O) groups is 1. The van der Waals surface area contributed by atoms with Crippen LogP contribution in [0.2, 0.25) is 5.02 Å². The lowest BCUT2D eigenvalue weighted by Gasteiger charge is -2.21. The quantitative estimate of drug-likeness (QED) is 0.665. The number of hydrogen-bond acceptors (Lipinski definition) is 5. The monoisotopic (exact) mass is 393 g/mol. The van der Waals surface area contributed by atoms with Gasteiger partial charge in [-0.2, -0.15) is 0 Å². The highest BCUT2D eigenvalue weighted by Crippen LogP contribution is 2.20. The predicted octanol–water partition coefficient (Wildman–Crippen LogP) is 1.96. The average molecular weight is 394 g/mol. The van der Waals surface area contributed by atoms with E-state index in [1.807, 2.05) is 13.8 Å². The number of aryl methyl sites for hydroxylation is 1. The smallest absolute Gasteiger partial charge is 0.330 e. The molecule has 146 valence electrons. The third kappa shape index (κ3) is 4.91. The van der Waals surface area contributed by atoms with Crippen molar-refractivity contribution in [1.82, 2.24) is 9.55 Å². The molecule has 4 N–H and O–H groups in total. The zero-order valence-corrected chi connectivity index (χ0v) is 16.4. The number of amides is 1. The number of likely N-dealkylation sites (N-methyl/N-ethyl adjacent to an activating group) is 1. The molecular formula is C18H24ClN5O3. The first-order valence-corrected chi connectivity index (χ1v) is 9.02. The number of hydrogen-bond donors (Lipinski definition) is 3. The van der Waals surface area contributed by atoms with Crippen LogP contribution in [0.15, 0.2) is 27.8 Å². The van der Waals surface area contributed by atoms with Crippen molar-refractivity contribution in [2.24, 2.45) is 0 Å². The predicted molar refractivity (Wildman–Crippen MR) is 109 cm³/mol. The Morgan fingerprint density at radius 2 is 2.07 bits per heavy atom. The molecule has 8 nitrogen and oxygen atoms in total. The fraction of sp³-hybridized carbons (Fsp3) is 0.389. The number of nitrogens with zero attached hydrogens (tertiary/aromatic N) is 2. The molecule has 0 radical (unpaired) electrons. The summed E-state index contributed by atoms with van der Waals surface area (Å²) in [6.07, 6.45) is 1.62. The molecule has 27 heavy (non-hydrogen) atoms. The minimum atomic E-state index is -0.626. The number of carbonyl (C=O) groups excluding carboxylic acids is 1. The maximum absolute atomic E-state index is 12.3. The van der Waals surface area contributed by atoms with Crippen LogP contribution in [0.25, 0.3) is 0 Å². The minimum Gasteiger partial charge on any atom is -0.383 e. The van der Waals surface area contributed by atoms with Gasteiger partial charge in [0.1, 0.15) is 11.5 Å². The van der Waals surface area contributed by atoms with Gasteiger partial charge in [-0.05, 0) is 31.0 Å². The second-order valence-electron chi connectivity index (χ2n) is 6.37. The topological polar surface area (TPSA) is 113 Å². The molecule has 0 fully saturated rings. The molecule has 0 atom stereocenters. The molecule has 0 saturated heterocycles. The number of unbranched alkanes of at least 4 members (excludes halogenated alkanes) is 1. The van der Waals surface area contributed by atoms with E-state index in [0.29, 0.717) is 17.3 Å². The van der Waals surface area contributed by atoms with Crippen LogP contribution in [-0.2, 0) is 11.3 Å². The first-order chi connectivity index (χ1) is 12.7. The highest BCUT2D eigenvalue weighted by molar-refractivity contribution is 6.31. The van der Waals surface area contributed by atoms with Gasteiger partial charge >= 0.3 is 5.69 Å². The average Bonchev–Trinajstić information content (AvgIpc) is 2.57. The summed E-state index contributed by atoms with van der Waals surface area (Å²) in [4.78, 5) is 40.2. The molecule has 0 aliphatic carbocycles. The van der Waals surface area contributed by atoms with E-state index in [0.717, 1.165) is 18.4 Å². The van der Waals surface area contributed by atoms with E-state index in [2.05, 4.69) is 10.3 Å². The first-order valence-electron chi connectivity index (χ1n) is 8.64. The van der Waals surface area contributed by atoms with Gasteiger partial charge in [-0.15, -0.1) is 0 Å². The Morgan fingerprint density at radius 1 is 1.37 bits per heavy atom. The number of nitrogens with two attached hydrogens (primary N) is 1. The maximum Gasteiger partial charge on any atom is 0.330 e. The summed E-state index contributed by atoms with van der Waals surface area (Å²) < 4.78 is 1.31. The standard InChI is InChI=1S/C18H24ClN5O3/c1-4-5-8-24-16(20)15(17(26)22-18(24)27)23(3)10-14(25)21-12-7-6-11(2)13(19)9-12/h6-7,9H,4-5,8,10,20H2,1-3H3,(H,21,25)(H,22,26,27). The highest BCUT2D eigenvalue weighted by Gasteiger charge is 2.18. The highest BCUT2D eigenvalue weighted by atomic mass is 35.5. The van der Waals surface area contributed by atoms with Crippen LogP contribution in [0.1, 0.15) is 25.3 Å². The Labute approximate surface area is 161 Å². The summed E-state index contributed by atoms with van der Waals surface area (Å²) in [5.74, 6) is -0.298. The number of aromatic amines is 1. The van der Waals surface area contributed by atoms with E-state index in [-0.39, 0.29) is 24.0 Å². The molecule has 0 aliphatic heterocycles.